The van der Waals surface area contributed by atoms with Crippen molar-refractivity contribution in [3.63, 3.8) is 0 Å². The van der Waals surface area contributed by atoms with Crippen LogP contribution in [0.25, 0.3) is 0 Å². The normalized spacial score (nSPS) is 20.9. The second-order valence-electron chi connectivity index (χ2n) is 3.51. The van der Waals surface area contributed by atoms with Crippen LogP contribution in [0.4, 0.5) is 4.39 Å². The number of piperazine rings is 1. The molecule has 1 atom stereocenters. The minimum atomic E-state index is -0.281. The van der Waals surface area contributed by atoms with Gasteiger partial charge >= 0.3 is 0 Å². The van der Waals surface area contributed by atoms with Crippen LogP contribution >= 0.6 is 11.3 Å². The Bertz CT molecular complexity index is 257. The summed E-state index contributed by atoms with van der Waals surface area (Å²) >= 11 is 1.64. The Morgan fingerprint density at radius 1 is 1.50 bits per heavy atom. The van der Waals surface area contributed by atoms with Crippen molar-refractivity contribution in [3.05, 3.63) is 22.4 Å². The van der Waals surface area contributed by atoms with Gasteiger partial charge in [0.05, 0.1) is 6.04 Å². The second kappa shape index (κ2) is 4.87. The molecule has 0 radical (unpaired) electrons. The highest BCUT2D eigenvalue weighted by Gasteiger charge is 2.21. The van der Waals surface area contributed by atoms with Gasteiger partial charge in [0, 0.05) is 26.2 Å². The first kappa shape index (κ1) is 10.1. The van der Waals surface area contributed by atoms with E-state index in [9.17, 15) is 4.39 Å². The molecule has 0 saturated carbocycles. The van der Waals surface area contributed by atoms with Crippen molar-refractivity contribution in [2.75, 3.05) is 32.9 Å². The van der Waals surface area contributed by atoms with E-state index in [1.165, 1.54) is 0 Å². The Labute approximate surface area is 87.7 Å². The molecule has 2 rings (SSSR count). The highest BCUT2D eigenvalue weighted by Crippen LogP contribution is 2.23. The molecular weight excluding hydrogens is 199 g/mol. The molecule has 0 spiro atoms. The lowest BCUT2D eigenvalue weighted by atomic mass is 10.1. The highest BCUT2D eigenvalue weighted by atomic mass is 32.1. The van der Waals surface area contributed by atoms with Gasteiger partial charge in [-0.1, -0.05) is 0 Å². The molecular formula is C10H15FN2S. The molecule has 0 aromatic carbocycles. The predicted octanol–water partition coefficient (Wildman–Crippen LogP) is 1.66. The van der Waals surface area contributed by atoms with E-state index in [1.54, 1.807) is 11.3 Å². The van der Waals surface area contributed by atoms with Crippen LogP contribution in [-0.4, -0.2) is 37.8 Å². The Morgan fingerprint density at radius 2 is 2.29 bits per heavy atom. The molecule has 1 aromatic rings. The number of nitrogens with zero attached hydrogens (tertiary/aromatic N) is 1. The minimum Gasteiger partial charge on any atom is -0.314 e. The number of hydrogen-bond donors (Lipinski definition) is 1. The van der Waals surface area contributed by atoms with Crippen LogP contribution < -0.4 is 5.32 Å². The molecule has 0 amide bonds. The molecule has 1 fully saturated rings. The van der Waals surface area contributed by atoms with E-state index < -0.39 is 0 Å². The molecule has 2 nitrogen and oxygen atoms in total. The minimum absolute atomic E-state index is 0.0247. The lowest BCUT2D eigenvalue weighted by molar-refractivity contribution is 0.148. The summed E-state index contributed by atoms with van der Waals surface area (Å²) in [7, 11) is 0. The lowest BCUT2D eigenvalue weighted by Crippen LogP contribution is -2.45. The van der Waals surface area contributed by atoms with E-state index in [4.69, 9.17) is 0 Å². The molecule has 1 saturated heterocycles. The molecule has 1 aromatic heterocycles. The quantitative estimate of drug-likeness (QED) is 0.823. The van der Waals surface area contributed by atoms with E-state index in [2.05, 4.69) is 10.2 Å². The van der Waals surface area contributed by atoms with Gasteiger partial charge in [-0.2, -0.15) is 11.3 Å². The number of hydrogen-bond acceptors (Lipinski definition) is 3. The number of alkyl halides is 1. The van der Waals surface area contributed by atoms with Crippen LogP contribution in [-0.2, 0) is 0 Å². The first-order valence-electron chi connectivity index (χ1n) is 4.94. The van der Waals surface area contributed by atoms with Crippen LogP contribution in [0.15, 0.2) is 16.8 Å². The molecule has 0 aliphatic carbocycles. The van der Waals surface area contributed by atoms with Gasteiger partial charge in [0.2, 0.25) is 0 Å². The van der Waals surface area contributed by atoms with E-state index in [0.29, 0.717) is 0 Å². The smallest absolute Gasteiger partial charge is 0.109 e. The van der Waals surface area contributed by atoms with E-state index >= 15 is 0 Å². The summed E-state index contributed by atoms with van der Waals surface area (Å²) in [5.74, 6) is 0. The average Bonchev–Trinajstić information content (AvgIpc) is 2.74. The Morgan fingerprint density at radius 3 is 2.86 bits per heavy atom. The van der Waals surface area contributed by atoms with Crippen LogP contribution in [0.2, 0.25) is 0 Å². The highest BCUT2D eigenvalue weighted by molar-refractivity contribution is 7.07. The SMILES string of the molecule is FCC(c1ccsc1)N1CCNCC1. The zero-order valence-corrected chi connectivity index (χ0v) is 8.89. The van der Waals surface area contributed by atoms with Gasteiger partial charge in [-0.3, -0.25) is 4.90 Å². The van der Waals surface area contributed by atoms with Crippen molar-refractivity contribution >= 4 is 11.3 Å². The lowest BCUT2D eigenvalue weighted by Gasteiger charge is -2.33. The molecule has 1 unspecified atom stereocenters. The summed E-state index contributed by atoms with van der Waals surface area (Å²) in [4.78, 5) is 2.22. The Hall–Kier alpha value is -0.450. The summed E-state index contributed by atoms with van der Waals surface area (Å²) < 4.78 is 12.9. The van der Waals surface area contributed by atoms with Crippen LogP contribution in [0, 0.1) is 0 Å². The maximum Gasteiger partial charge on any atom is 0.109 e. The topological polar surface area (TPSA) is 15.3 Å². The number of rotatable bonds is 3. The van der Waals surface area contributed by atoms with Gasteiger partial charge in [-0.05, 0) is 22.4 Å². The number of halogens is 1. The molecule has 4 heteroatoms. The molecule has 1 N–H and O–H groups in total. The zero-order chi connectivity index (χ0) is 9.80. The third kappa shape index (κ3) is 2.13. The van der Waals surface area contributed by atoms with Crippen molar-refractivity contribution in [2.45, 2.75) is 6.04 Å². The summed E-state index contributed by atoms with van der Waals surface area (Å²) in [5, 5.41) is 7.34. The van der Waals surface area contributed by atoms with E-state index in [-0.39, 0.29) is 12.7 Å². The fraction of sp³-hybridized carbons (Fsp3) is 0.600. The van der Waals surface area contributed by atoms with Gasteiger partial charge < -0.3 is 5.32 Å². The molecule has 78 valence electrons. The van der Waals surface area contributed by atoms with Crippen molar-refractivity contribution < 1.29 is 4.39 Å². The van der Waals surface area contributed by atoms with Crippen molar-refractivity contribution in [3.8, 4) is 0 Å². The zero-order valence-electron chi connectivity index (χ0n) is 8.08. The van der Waals surface area contributed by atoms with Crippen LogP contribution in [0.3, 0.4) is 0 Å². The molecule has 14 heavy (non-hydrogen) atoms. The summed E-state index contributed by atoms with van der Waals surface area (Å²) in [6, 6.07) is 2.00. The van der Waals surface area contributed by atoms with Crippen molar-refractivity contribution in [2.24, 2.45) is 0 Å². The van der Waals surface area contributed by atoms with E-state index in [0.717, 1.165) is 31.7 Å². The molecule has 1 aliphatic rings. The summed E-state index contributed by atoms with van der Waals surface area (Å²) in [5.41, 5.74) is 1.12. The molecule has 2 heterocycles. The maximum absolute atomic E-state index is 12.9. The monoisotopic (exact) mass is 214 g/mol. The average molecular weight is 214 g/mol. The van der Waals surface area contributed by atoms with Gasteiger partial charge in [-0.15, -0.1) is 0 Å². The van der Waals surface area contributed by atoms with Crippen molar-refractivity contribution in [1.82, 2.24) is 10.2 Å². The third-order valence-electron chi connectivity index (χ3n) is 2.67. The largest absolute Gasteiger partial charge is 0.314 e. The first-order valence-corrected chi connectivity index (χ1v) is 5.89. The van der Waals surface area contributed by atoms with Crippen LogP contribution in [0.1, 0.15) is 11.6 Å². The fourth-order valence-corrected chi connectivity index (χ4v) is 2.56. The van der Waals surface area contributed by atoms with Crippen molar-refractivity contribution in [1.29, 1.82) is 0 Å². The summed E-state index contributed by atoms with van der Waals surface area (Å²) in [6.07, 6.45) is 0. The predicted molar refractivity (Wildman–Crippen MR) is 57.5 cm³/mol. The Balaban J connectivity index is 2.04. The standard InChI is InChI=1S/C10H15FN2S/c11-7-10(9-1-6-14-8-9)13-4-2-12-3-5-13/h1,6,8,10,12H,2-5,7H2. The van der Waals surface area contributed by atoms with Gasteiger partial charge in [0.1, 0.15) is 6.67 Å². The van der Waals surface area contributed by atoms with Crippen LogP contribution in [0.5, 0.6) is 0 Å². The van der Waals surface area contributed by atoms with Gasteiger partial charge in [-0.25, -0.2) is 4.39 Å². The summed E-state index contributed by atoms with van der Waals surface area (Å²) in [6.45, 7) is 3.56. The van der Waals surface area contributed by atoms with E-state index in [1.807, 2.05) is 16.8 Å². The molecule has 1 aliphatic heterocycles. The van der Waals surface area contributed by atoms with Gasteiger partial charge in [0.25, 0.3) is 0 Å². The second-order valence-corrected chi connectivity index (χ2v) is 4.29. The number of thiophene rings is 1. The number of nitrogens with one attached hydrogen (secondary N) is 1. The van der Waals surface area contributed by atoms with Gasteiger partial charge in [0.15, 0.2) is 0 Å². The first-order chi connectivity index (χ1) is 6.92. The maximum atomic E-state index is 12.9. The Kier molecular flexibility index (Phi) is 3.50. The fourth-order valence-electron chi connectivity index (χ4n) is 1.86. The molecule has 0 bridgehead atoms. The third-order valence-corrected chi connectivity index (χ3v) is 3.37.